The third-order valence-electron chi connectivity index (χ3n) is 2.25. The Morgan fingerprint density at radius 3 is 2.53 bits per heavy atom. The summed E-state index contributed by atoms with van der Waals surface area (Å²) in [5.74, 6) is 0.851. The van der Waals surface area contributed by atoms with E-state index < -0.39 is 0 Å². The lowest BCUT2D eigenvalue weighted by molar-refractivity contribution is 0.304. The Bertz CT molecular complexity index is 529. The third kappa shape index (κ3) is 3.27. The highest BCUT2D eigenvalue weighted by atomic mass is 127. The lowest BCUT2D eigenvalue weighted by atomic mass is 10.2. The van der Waals surface area contributed by atoms with Gasteiger partial charge in [0.25, 0.3) is 0 Å². The lowest BCUT2D eigenvalue weighted by Gasteiger charge is -2.09. The molecule has 17 heavy (non-hydrogen) atoms. The van der Waals surface area contributed by atoms with E-state index in [2.05, 4.69) is 22.6 Å². The first-order valence-electron chi connectivity index (χ1n) is 4.98. The second-order valence-electron chi connectivity index (χ2n) is 3.43. The van der Waals surface area contributed by atoms with Crippen molar-refractivity contribution in [3.05, 3.63) is 61.6 Å². The number of hydrogen-bond acceptors (Lipinski definition) is 1. The zero-order valence-corrected chi connectivity index (χ0v) is 12.5. The molecule has 2 aromatic rings. The maximum Gasteiger partial charge on any atom is 0.133 e. The van der Waals surface area contributed by atoms with E-state index in [1.807, 2.05) is 36.4 Å². The first-order valence-corrected chi connectivity index (χ1v) is 6.82. The van der Waals surface area contributed by atoms with Crippen LogP contribution in [0.4, 0.5) is 0 Å². The molecule has 0 aliphatic rings. The highest BCUT2D eigenvalue weighted by Crippen LogP contribution is 2.27. The maximum atomic E-state index is 6.09. The predicted molar refractivity (Wildman–Crippen MR) is 80.0 cm³/mol. The van der Waals surface area contributed by atoms with Crippen LogP contribution in [-0.4, -0.2) is 0 Å². The summed E-state index contributed by atoms with van der Waals surface area (Å²) < 4.78 is 6.78. The number of rotatable bonds is 3. The molecular formula is C13H9Cl2IO. The number of benzene rings is 2. The van der Waals surface area contributed by atoms with Crippen LogP contribution in [0.2, 0.25) is 10.0 Å². The zero-order valence-electron chi connectivity index (χ0n) is 8.79. The minimum Gasteiger partial charge on any atom is -0.488 e. The molecule has 0 saturated carbocycles. The summed E-state index contributed by atoms with van der Waals surface area (Å²) in [5.41, 5.74) is 0.888. The van der Waals surface area contributed by atoms with Crippen molar-refractivity contribution in [3.63, 3.8) is 0 Å². The van der Waals surface area contributed by atoms with Crippen LogP contribution < -0.4 is 4.74 Å². The van der Waals surface area contributed by atoms with Crippen molar-refractivity contribution in [1.29, 1.82) is 0 Å². The Balaban J connectivity index is 2.13. The van der Waals surface area contributed by atoms with Gasteiger partial charge in [-0.2, -0.15) is 0 Å². The van der Waals surface area contributed by atoms with Crippen molar-refractivity contribution in [2.45, 2.75) is 6.61 Å². The van der Waals surface area contributed by atoms with Gasteiger partial charge in [0.1, 0.15) is 12.4 Å². The van der Waals surface area contributed by atoms with Gasteiger partial charge in [-0.1, -0.05) is 47.5 Å². The van der Waals surface area contributed by atoms with E-state index in [0.717, 1.165) is 14.9 Å². The molecular weight excluding hydrogens is 370 g/mol. The largest absolute Gasteiger partial charge is 0.488 e. The standard InChI is InChI=1S/C13H9Cl2IO/c14-10-5-3-4-9(13(10)15)8-17-12-7-2-1-6-11(12)16/h1-7H,8H2. The number of ether oxygens (including phenoxy) is 1. The topological polar surface area (TPSA) is 9.23 Å². The van der Waals surface area contributed by atoms with Crippen molar-refractivity contribution < 1.29 is 4.74 Å². The van der Waals surface area contributed by atoms with E-state index >= 15 is 0 Å². The van der Waals surface area contributed by atoms with Crippen LogP contribution in [0.15, 0.2) is 42.5 Å². The molecule has 0 unspecified atom stereocenters. The van der Waals surface area contributed by atoms with Crippen molar-refractivity contribution in [1.82, 2.24) is 0 Å². The van der Waals surface area contributed by atoms with E-state index in [1.54, 1.807) is 6.07 Å². The maximum absolute atomic E-state index is 6.09. The van der Waals surface area contributed by atoms with E-state index in [0.29, 0.717) is 16.7 Å². The Morgan fingerprint density at radius 2 is 1.76 bits per heavy atom. The Morgan fingerprint density at radius 1 is 1.00 bits per heavy atom. The SMILES string of the molecule is Clc1cccc(COc2ccccc2I)c1Cl. The fourth-order valence-electron chi connectivity index (χ4n) is 1.38. The Labute approximate surface area is 124 Å². The molecule has 88 valence electrons. The van der Waals surface area contributed by atoms with Gasteiger partial charge in [0.05, 0.1) is 13.6 Å². The first-order chi connectivity index (χ1) is 8.18. The van der Waals surface area contributed by atoms with Gasteiger partial charge in [-0.25, -0.2) is 0 Å². The number of halogens is 3. The molecule has 1 nitrogen and oxygen atoms in total. The number of hydrogen-bond donors (Lipinski definition) is 0. The molecule has 2 aromatic carbocycles. The van der Waals surface area contributed by atoms with Crippen LogP contribution in [0, 0.1) is 3.57 Å². The second-order valence-corrected chi connectivity index (χ2v) is 5.38. The highest BCUT2D eigenvalue weighted by molar-refractivity contribution is 14.1. The van der Waals surface area contributed by atoms with Gasteiger partial charge in [-0.05, 0) is 40.8 Å². The first kappa shape index (κ1) is 13.0. The number of para-hydroxylation sites is 1. The molecule has 0 aliphatic carbocycles. The second kappa shape index (κ2) is 5.94. The predicted octanol–water partition coefficient (Wildman–Crippen LogP) is 5.18. The van der Waals surface area contributed by atoms with Crippen LogP contribution >= 0.6 is 45.8 Å². The normalized spacial score (nSPS) is 10.3. The van der Waals surface area contributed by atoms with Crippen LogP contribution in [0.5, 0.6) is 5.75 Å². The zero-order chi connectivity index (χ0) is 12.3. The van der Waals surface area contributed by atoms with Gasteiger partial charge in [0.2, 0.25) is 0 Å². The van der Waals surface area contributed by atoms with Crippen molar-refractivity contribution in [3.8, 4) is 5.75 Å². The molecule has 0 bridgehead atoms. The molecule has 4 heteroatoms. The lowest BCUT2D eigenvalue weighted by Crippen LogP contribution is -1.97. The summed E-state index contributed by atoms with van der Waals surface area (Å²) in [6, 6.07) is 13.4. The van der Waals surface area contributed by atoms with Gasteiger partial charge in [0.15, 0.2) is 0 Å². The van der Waals surface area contributed by atoms with Gasteiger partial charge < -0.3 is 4.74 Å². The fourth-order valence-corrected chi connectivity index (χ4v) is 2.29. The Kier molecular flexibility index (Phi) is 4.54. The Hall–Kier alpha value is -0.450. The summed E-state index contributed by atoms with van der Waals surface area (Å²) >= 11 is 14.3. The molecule has 0 spiro atoms. The molecule has 0 radical (unpaired) electrons. The van der Waals surface area contributed by atoms with Crippen molar-refractivity contribution in [2.75, 3.05) is 0 Å². The summed E-state index contributed by atoms with van der Waals surface area (Å²) in [6.07, 6.45) is 0. The van der Waals surface area contributed by atoms with Crippen LogP contribution in [0.1, 0.15) is 5.56 Å². The monoisotopic (exact) mass is 378 g/mol. The minimum absolute atomic E-state index is 0.416. The molecule has 0 fully saturated rings. The highest BCUT2D eigenvalue weighted by Gasteiger charge is 2.06. The minimum atomic E-state index is 0.416. The van der Waals surface area contributed by atoms with E-state index in [1.165, 1.54) is 0 Å². The van der Waals surface area contributed by atoms with E-state index in [9.17, 15) is 0 Å². The molecule has 0 N–H and O–H groups in total. The van der Waals surface area contributed by atoms with Crippen LogP contribution in [0.3, 0.4) is 0 Å². The van der Waals surface area contributed by atoms with Crippen LogP contribution in [-0.2, 0) is 6.61 Å². The molecule has 0 atom stereocenters. The molecule has 0 aromatic heterocycles. The molecule has 0 heterocycles. The summed E-state index contributed by atoms with van der Waals surface area (Å²) in [5, 5.41) is 1.11. The van der Waals surface area contributed by atoms with Crippen LogP contribution in [0.25, 0.3) is 0 Å². The molecule has 0 aliphatic heterocycles. The van der Waals surface area contributed by atoms with E-state index in [-0.39, 0.29) is 0 Å². The molecule has 2 rings (SSSR count). The van der Waals surface area contributed by atoms with Gasteiger partial charge >= 0.3 is 0 Å². The molecule has 0 amide bonds. The third-order valence-corrected chi connectivity index (χ3v) is 4.00. The van der Waals surface area contributed by atoms with Gasteiger partial charge in [-0.3, -0.25) is 0 Å². The summed E-state index contributed by atoms with van der Waals surface area (Å²) in [4.78, 5) is 0. The van der Waals surface area contributed by atoms with Crippen molar-refractivity contribution >= 4 is 45.8 Å². The smallest absolute Gasteiger partial charge is 0.133 e. The average Bonchev–Trinajstić information content (AvgIpc) is 2.33. The van der Waals surface area contributed by atoms with E-state index in [4.69, 9.17) is 27.9 Å². The van der Waals surface area contributed by atoms with Gasteiger partial charge in [-0.15, -0.1) is 0 Å². The average molecular weight is 379 g/mol. The quantitative estimate of drug-likeness (QED) is 0.669. The molecule has 0 saturated heterocycles. The summed E-state index contributed by atoms with van der Waals surface area (Å²) in [6.45, 7) is 0.416. The summed E-state index contributed by atoms with van der Waals surface area (Å²) in [7, 11) is 0. The van der Waals surface area contributed by atoms with Crippen molar-refractivity contribution in [2.24, 2.45) is 0 Å². The fraction of sp³-hybridized carbons (Fsp3) is 0.0769. The van der Waals surface area contributed by atoms with Gasteiger partial charge in [0, 0.05) is 5.56 Å².